The third-order valence-corrected chi connectivity index (χ3v) is 29.1. The lowest BCUT2D eigenvalue weighted by Crippen LogP contribution is -1.97. The SMILES string of the molecule is c1ccc(-c2cc(-c3ccccc3)cc(-n3c4ccccc4c4cc5c(cc43)c3ccccc3n5-c3cc(-c4ccccc4)cc(-c4ccccc4)c3)c2)cc1.c1ccc(-c2ccc(-c3ccc(-n4c5ccccc5c5cc6c(cc54)c4ccccc4n6-c4ccccc4)cc3)cc2)cc1.c1ccc(-c2cccc(-n3c4ccccc4c4cc5c(cc43)c3ccccc3n5-c3cccc(-c4ccccc4)c3)c2)cc1. The number of fused-ring (bicyclic) bond motifs is 18. The standard InChI is InChI=1S/C54H36N2.2C42H28N2/c1-5-17-37(18-6-1)41-29-42(38-19-7-2-8-20-38)32-45(31-41)55-51-27-15-13-25-47(51)49-36-54-50(35-53(49)55)48-26-14-16-28-52(48)56(54)46-33-43(39-21-9-3-10-22-39)30-44(34-46)40-23-11-4-12-24-40;1-3-13-29(14-4-1)31-17-11-19-33(25-31)43-39-23-9-7-21-35(39)37-28-42-38(27-41(37)43)36-22-8-10-24-40(36)44(42)34-20-12-18-32(26-34)30-15-5-2-6-16-30;1-3-11-29(12-4-1)30-19-21-31(22-20-30)32-23-25-34(26-24-32)44-40-18-10-8-16-36(40)38-27-41-37(28-42(38)44)35-15-7-9-17-39(35)43(41)33-13-5-2-6-14-33/h1-36H;2*1-28H. The molecule has 144 heavy (non-hydrogen) atoms. The van der Waals surface area contributed by atoms with Gasteiger partial charge >= 0.3 is 0 Å². The fraction of sp³-hybridized carbons (Fsp3) is 0. The molecule has 6 nitrogen and oxygen atoms in total. The van der Waals surface area contributed by atoms with E-state index in [-0.39, 0.29) is 0 Å². The smallest absolute Gasteiger partial charge is 0.0548 e. The van der Waals surface area contributed by atoms with Crippen LogP contribution in [0.4, 0.5) is 0 Å². The van der Waals surface area contributed by atoms with Crippen molar-refractivity contribution in [3.8, 4) is 123 Å². The van der Waals surface area contributed by atoms with Gasteiger partial charge in [-0.1, -0.05) is 400 Å². The first-order valence-corrected chi connectivity index (χ1v) is 49.5. The molecule has 0 amide bonds. The van der Waals surface area contributed by atoms with E-state index < -0.39 is 0 Å². The van der Waals surface area contributed by atoms with Crippen LogP contribution >= 0.6 is 0 Å². The highest BCUT2D eigenvalue weighted by Gasteiger charge is 2.26. The van der Waals surface area contributed by atoms with Crippen LogP contribution in [0.3, 0.4) is 0 Å². The van der Waals surface area contributed by atoms with Gasteiger partial charge in [0.2, 0.25) is 0 Å². The zero-order chi connectivity index (χ0) is 95.1. The van der Waals surface area contributed by atoms with E-state index in [0.29, 0.717) is 0 Å². The second-order valence-electron chi connectivity index (χ2n) is 37.4. The van der Waals surface area contributed by atoms with Crippen molar-refractivity contribution in [3.05, 3.63) is 558 Å². The number of para-hydroxylation sites is 7. The third-order valence-electron chi connectivity index (χ3n) is 29.1. The average Bonchev–Trinajstić information content (AvgIpc) is 1.57. The predicted octanol–water partition coefficient (Wildman–Crippen LogP) is 37.0. The van der Waals surface area contributed by atoms with Gasteiger partial charge in [-0.05, 0) is 247 Å². The summed E-state index contributed by atoms with van der Waals surface area (Å²) >= 11 is 0. The Bertz CT molecular complexity index is 9430. The summed E-state index contributed by atoms with van der Waals surface area (Å²) in [5, 5.41) is 15.0. The van der Waals surface area contributed by atoms with Crippen molar-refractivity contribution in [2.24, 2.45) is 0 Å². The number of nitrogens with zero attached hydrogens (tertiary/aromatic N) is 6. The summed E-state index contributed by atoms with van der Waals surface area (Å²) in [5.74, 6) is 0. The highest BCUT2D eigenvalue weighted by molar-refractivity contribution is 6.23. The zero-order valence-electron chi connectivity index (χ0n) is 78.8. The Labute approximate surface area is 833 Å². The van der Waals surface area contributed by atoms with Gasteiger partial charge in [0, 0.05) is 98.8 Å². The van der Waals surface area contributed by atoms with Gasteiger partial charge in [0.25, 0.3) is 0 Å². The minimum atomic E-state index is 1.14. The third kappa shape index (κ3) is 14.8. The lowest BCUT2D eigenvalue weighted by atomic mass is 9.98. The minimum Gasteiger partial charge on any atom is -0.309 e. The number of hydrogen-bond donors (Lipinski definition) is 0. The van der Waals surface area contributed by atoms with E-state index in [1.54, 1.807) is 0 Å². The highest BCUT2D eigenvalue weighted by atomic mass is 15.0. The van der Waals surface area contributed by atoms with Crippen LogP contribution in [0.1, 0.15) is 0 Å². The molecule has 0 unspecified atom stereocenters. The molecule has 6 aromatic heterocycles. The van der Waals surface area contributed by atoms with Crippen molar-refractivity contribution in [2.45, 2.75) is 0 Å². The predicted molar refractivity (Wildman–Crippen MR) is 609 cm³/mol. The van der Waals surface area contributed by atoms with Crippen molar-refractivity contribution in [3.63, 3.8) is 0 Å². The molecule has 6 heteroatoms. The van der Waals surface area contributed by atoms with E-state index in [9.17, 15) is 0 Å². The van der Waals surface area contributed by atoms with Crippen LogP contribution in [-0.4, -0.2) is 27.4 Å². The normalized spacial score (nSPS) is 11.6. The van der Waals surface area contributed by atoms with Crippen LogP contribution in [0.2, 0.25) is 0 Å². The van der Waals surface area contributed by atoms with Gasteiger partial charge in [0.05, 0.1) is 66.2 Å². The molecular formula is C138H92N6. The second kappa shape index (κ2) is 35.7. The van der Waals surface area contributed by atoms with E-state index in [0.717, 1.165) is 28.4 Å². The van der Waals surface area contributed by atoms with Crippen molar-refractivity contribution < 1.29 is 0 Å². The molecule has 0 radical (unpaired) electrons. The van der Waals surface area contributed by atoms with E-state index >= 15 is 0 Å². The van der Waals surface area contributed by atoms with Crippen molar-refractivity contribution in [2.75, 3.05) is 0 Å². The first-order chi connectivity index (χ1) is 71.4. The number of aromatic nitrogens is 6. The van der Waals surface area contributed by atoms with Gasteiger partial charge in [-0.2, -0.15) is 0 Å². The second-order valence-corrected chi connectivity index (χ2v) is 37.4. The molecule has 674 valence electrons. The van der Waals surface area contributed by atoms with E-state index in [4.69, 9.17) is 0 Å². The van der Waals surface area contributed by atoms with Gasteiger partial charge in [-0.3, -0.25) is 0 Å². The number of hydrogen-bond acceptors (Lipinski definition) is 0. The molecule has 0 bridgehead atoms. The molecule has 0 atom stereocenters. The maximum atomic E-state index is 2.47. The van der Waals surface area contributed by atoms with Crippen LogP contribution in [0.5, 0.6) is 0 Å². The molecule has 0 fully saturated rings. The summed E-state index contributed by atoms with van der Waals surface area (Å²) in [4.78, 5) is 0. The molecule has 0 saturated carbocycles. The number of rotatable bonds is 14. The average molecular weight is 1830 g/mol. The Balaban J connectivity index is 0.000000109. The summed E-state index contributed by atoms with van der Waals surface area (Å²) in [7, 11) is 0. The maximum absolute atomic E-state index is 2.47. The topological polar surface area (TPSA) is 29.6 Å². The number of benzene rings is 23. The Morgan fingerprint density at radius 1 is 0.0764 bits per heavy atom. The molecule has 29 aromatic rings. The van der Waals surface area contributed by atoms with Gasteiger partial charge in [0.1, 0.15) is 0 Å². The van der Waals surface area contributed by atoms with E-state index in [1.165, 1.54) is 226 Å². The maximum Gasteiger partial charge on any atom is 0.0548 e. The van der Waals surface area contributed by atoms with Crippen LogP contribution in [0.15, 0.2) is 558 Å². The molecule has 0 aliphatic rings. The Morgan fingerprint density at radius 3 is 0.486 bits per heavy atom. The molecule has 29 rings (SSSR count). The fourth-order valence-electron chi connectivity index (χ4n) is 22.4. The van der Waals surface area contributed by atoms with Crippen molar-refractivity contribution in [1.29, 1.82) is 0 Å². The van der Waals surface area contributed by atoms with Gasteiger partial charge < -0.3 is 27.4 Å². The summed E-state index contributed by atoms with van der Waals surface area (Å²) in [6.45, 7) is 0. The monoisotopic (exact) mass is 1830 g/mol. The zero-order valence-corrected chi connectivity index (χ0v) is 78.8. The van der Waals surface area contributed by atoms with Gasteiger partial charge in [0.15, 0.2) is 0 Å². The Kier molecular flexibility index (Phi) is 20.9. The van der Waals surface area contributed by atoms with E-state index in [1.807, 2.05) is 0 Å². The molecule has 6 heterocycles. The molecule has 23 aromatic carbocycles. The van der Waals surface area contributed by atoms with E-state index in [2.05, 4.69) is 586 Å². The molecular weight excluding hydrogens is 1740 g/mol. The molecule has 0 spiro atoms. The lowest BCUT2D eigenvalue weighted by Gasteiger charge is -2.15. The lowest BCUT2D eigenvalue weighted by molar-refractivity contribution is 1.17. The quantitative estimate of drug-likeness (QED) is 0.104. The Hall–Kier alpha value is -19.1. The molecule has 0 N–H and O–H groups in total. The van der Waals surface area contributed by atoms with Crippen LogP contribution in [-0.2, 0) is 0 Å². The first-order valence-electron chi connectivity index (χ1n) is 49.5. The Morgan fingerprint density at radius 2 is 0.236 bits per heavy atom. The molecule has 0 aliphatic heterocycles. The van der Waals surface area contributed by atoms with Crippen LogP contribution < -0.4 is 0 Å². The van der Waals surface area contributed by atoms with Crippen LogP contribution in [0.25, 0.3) is 254 Å². The largest absolute Gasteiger partial charge is 0.309 e. The minimum absolute atomic E-state index is 1.14. The van der Waals surface area contributed by atoms with Crippen molar-refractivity contribution >= 4 is 131 Å². The summed E-state index contributed by atoms with van der Waals surface area (Å²) in [6, 6.07) is 202. The summed E-state index contributed by atoms with van der Waals surface area (Å²) < 4.78 is 14.6. The molecule has 0 saturated heterocycles. The molecule has 0 aliphatic carbocycles. The van der Waals surface area contributed by atoms with Crippen molar-refractivity contribution in [1.82, 2.24) is 27.4 Å². The highest BCUT2D eigenvalue weighted by Crippen LogP contribution is 2.47. The first kappa shape index (κ1) is 84.2. The van der Waals surface area contributed by atoms with Crippen LogP contribution in [0, 0.1) is 0 Å². The summed E-state index contributed by atoms with van der Waals surface area (Å²) in [6.07, 6.45) is 0. The summed E-state index contributed by atoms with van der Waals surface area (Å²) in [5.41, 5.74) is 40.8. The van der Waals surface area contributed by atoms with Gasteiger partial charge in [-0.25, -0.2) is 0 Å². The van der Waals surface area contributed by atoms with Gasteiger partial charge in [-0.15, -0.1) is 0 Å². The fourth-order valence-corrected chi connectivity index (χ4v) is 22.4.